The maximum Gasteiger partial charge on any atom is 0.132 e. The number of para-hydroxylation sites is 1. The van der Waals surface area contributed by atoms with E-state index in [0.29, 0.717) is 0 Å². The van der Waals surface area contributed by atoms with E-state index in [2.05, 4.69) is 26.8 Å². The molecule has 0 saturated carbocycles. The molecule has 1 atom stereocenters. The van der Waals surface area contributed by atoms with Gasteiger partial charge in [-0.1, -0.05) is 32.9 Å². The molecule has 0 spiro atoms. The Hall–Kier alpha value is -0.670. The number of hydrogen-bond donors (Lipinski definition) is 1. The van der Waals surface area contributed by atoms with Crippen molar-refractivity contribution < 1.29 is 4.74 Å². The molecule has 0 bridgehead atoms. The molecule has 1 aromatic carbocycles. The summed E-state index contributed by atoms with van der Waals surface area (Å²) in [5.74, 6) is 1.83. The van der Waals surface area contributed by atoms with Crippen molar-refractivity contribution in [3.05, 3.63) is 24.3 Å². The maximum atomic E-state index is 6.13. The van der Waals surface area contributed by atoms with E-state index < -0.39 is 0 Å². The van der Waals surface area contributed by atoms with Gasteiger partial charge in [0.1, 0.15) is 5.75 Å². The van der Waals surface area contributed by atoms with Gasteiger partial charge < -0.3 is 10.5 Å². The van der Waals surface area contributed by atoms with E-state index in [1.165, 1.54) is 0 Å². The van der Waals surface area contributed by atoms with Crippen LogP contribution in [0.1, 0.15) is 20.8 Å². The molecule has 1 unspecified atom stereocenters. The molecular formula is C13H21NOS. The Kier molecular flexibility index (Phi) is 4.69. The Morgan fingerprint density at radius 1 is 1.31 bits per heavy atom. The lowest BCUT2D eigenvalue weighted by atomic mass is 9.89. The van der Waals surface area contributed by atoms with E-state index in [-0.39, 0.29) is 11.5 Å². The lowest BCUT2D eigenvalue weighted by Gasteiger charge is -2.26. The van der Waals surface area contributed by atoms with Crippen LogP contribution in [0.2, 0.25) is 0 Å². The van der Waals surface area contributed by atoms with Crippen LogP contribution < -0.4 is 10.5 Å². The molecule has 3 heteroatoms. The predicted octanol–water partition coefficient (Wildman–Crippen LogP) is 3.16. The van der Waals surface area contributed by atoms with Crippen molar-refractivity contribution in [3.63, 3.8) is 0 Å². The van der Waals surface area contributed by atoms with E-state index in [9.17, 15) is 0 Å². The first-order valence-corrected chi connectivity index (χ1v) is 6.45. The molecule has 0 saturated heterocycles. The van der Waals surface area contributed by atoms with Crippen LogP contribution in [-0.2, 0) is 0 Å². The van der Waals surface area contributed by atoms with Crippen molar-refractivity contribution in [2.45, 2.75) is 31.7 Å². The Bertz CT molecular complexity index is 333. The Labute approximate surface area is 103 Å². The number of hydrogen-bond acceptors (Lipinski definition) is 3. The Morgan fingerprint density at radius 3 is 2.50 bits per heavy atom. The molecule has 1 aromatic rings. The van der Waals surface area contributed by atoms with Crippen molar-refractivity contribution in [1.29, 1.82) is 0 Å². The van der Waals surface area contributed by atoms with E-state index in [1.54, 1.807) is 18.9 Å². The molecule has 0 fully saturated rings. The minimum atomic E-state index is 0.148. The number of rotatable bonds is 4. The summed E-state index contributed by atoms with van der Waals surface area (Å²) >= 11 is 1.76. The fourth-order valence-corrected chi connectivity index (χ4v) is 2.50. The third kappa shape index (κ3) is 3.72. The smallest absolute Gasteiger partial charge is 0.132 e. The van der Waals surface area contributed by atoms with Gasteiger partial charge in [0.2, 0.25) is 0 Å². The molecule has 0 aliphatic heterocycles. The van der Waals surface area contributed by atoms with Crippen LogP contribution in [0.3, 0.4) is 0 Å². The predicted molar refractivity (Wildman–Crippen MR) is 71.1 cm³/mol. The lowest BCUT2D eigenvalue weighted by molar-refractivity contribution is 0.344. The van der Waals surface area contributed by atoms with E-state index >= 15 is 0 Å². The van der Waals surface area contributed by atoms with Crippen molar-refractivity contribution in [1.82, 2.24) is 0 Å². The molecule has 90 valence electrons. The van der Waals surface area contributed by atoms with Gasteiger partial charge in [0.05, 0.1) is 7.11 Å². The van der Waals surface area contributed by atoms with E-state index in [1.807, 2.05) is 18.2 Å². The Morgan fingerprint density at radius 2 is 1.94 bits per heavy atom. The van der Waals surface area contributed by atoms with Crippen molar-refractivity contribution in [3.8, 4) is 5.75 Å². The highest BCUT2D eigenvalue weighted by molar-refractivity contribution is 7.99. The second kappa shape index (κ2) is 5.60. The minimum Gasteiger partial charge on any atom is -0.496 e. The summed E-state index contributed by atoms with van der Waals surface area (Å²) in [5, 5.41) is 0. The first kappa shape index (κ1) is 13.4. The average molecular weight is 239 g/mol. The Balaban J connectivity index is 2.61. The summed E-state index contributed by atoms with van der Waals surface area (Å²) in [6.07, 6.45) is 0. The highest BCUT2D eigenvalue weighted by Crippen LogP contribution is 2.31. The lowest BCUT2D eigenvalue weighted by Crippen LogP contribution is -2.37. The summed E-state index contributed by atoms with van der Waals surface area (Å²) in [6.45, 7) is 6.50. The zero-order valence-electron chi connectivity index (χ0n) is 10.5. The fourth-order valence-electron chi connectivity index (χ4n) is 1.17. The number of methoxy groups -OCH3 is 1. The quantitative estimate of drug-likeness (QED) is 0.820. The second-order valence-corrected chi connectivity index (χ2v) is 6.00. The third-order valence-electron chi connectivity index (χ3n) is 2.60. The number of benzene rings is 1. The van der Waals surface area contributed by atoms with Crippen LogP contribution in [-0.4, -0.2) is 18.9 Å². The molecule has 0 aromatic heterocycles. The van der Waals surface area contributed by atoms with Crippen LogP contribution >= 0.6 is 11.8 Å². The molecule has 2 N–H and O–H groups in total. The number of nitrogens with two attached hydrogens (primary N) is 1. The molecule has 2 nitrogen and oxygen atoms in total. The largest absolute Gasteiger partial charge is 0.496 e. The average Bonchev–Trinajstić information content (AvgIpc) is 2.24. The van der Waals surface area contributed by atoms with Gasteiger partial charge >= 0.3 is 0 Å². The summed E-state index contributed by atoms with van der Waals surface area (Å²) in [7, 11) is 1.70. The molecule has 0 heterocycles. The van der Waals surface area contributed by atoms with Crippen LogP contribution in [0.4, 0.5) is 0 Å². The summed E-state index contributed by atoms with van der Waals surface area (Å²) in [4.78, 5) is 1.16. The zero-order chi connectivity index (χ0) is 12.2. The summed E-state index contributed by atoms with van der Waals surface area (Å²) in [6, 6.07) is 8.23. The molecule has 0 amide bonds. The molecule has 0 aliphatic carbocycles. The SMILES string of the molecule is COc1ccccc1SCC(N)C(C)(C)C. The number of thioether (sulfide) groups is 1. The first-order chi connectivity index (χ1) is 7.45. The number of ether oxygens (including phenoxy) is 1. The molecule has 0 radical (unpaired) electrons. The van der Waals surface area contributed by atoms with Crippen LogP contribution in [0.15, 0.2) is 29.2 Å². The standard InChI is InChI=1S/C13H21NOS/c1-13(2,3)12(14)9-16-11-8-6-5-7-10(11)15-4/h5-8,12H,9,14H2,1-4H3. The van der Waals surface area contributed by atoms with Gasteiger partial charge in [-0.15, -0.1) is 11.8 Å². The van der Waals surface area contributed by atoms with Gasteiger partial charge in [0.15, 0.2) is 0 Å². The van der Waals surface area contributed by atoms with Crippen LogP contribution in [0.5, 0.6) is 5.75 Å². The van der Waals surface area contributed by atoms with E-state index in [0.717, 1.165) is 16.4 Å². The molecular weight excluding hydrogens is 218 g/mol. The van der Waals surface area contributed by atoms with Crippen molar-refractivity contribution in [2.24, 2.45) is 11.1 Å². The normalized spacial score (nSPS) is 13.6. The first-order valence-electron chi connectivity index (χ1n) is 5.46. The zero-order valence-corrected chi connectivity index (χ0v) is 11.3. The second-order valence-electron chi connectivity index (χ2n) is 4.93. The van der Waals surface area contributed by atoms with Gasteiger partial charge in [-0.3, -0.25) is 0 Å². The monoisotopic (exact) mass is 239 g/mol. The third-order valence-corrected chi connectivity index (χ3v) is 3.77. The van der Waals surface area contributed by atoms with E-state index in [4.69, 9.17) is 10.5 Å². The molecule has 0 aliphatic rings. The summed E-state index contributed by atoms with van der Waals surface area (Å²) < 4.78 is 5.30. The highest BCUT2D eigenvalue weighted by Gasteiger charge is 2.20. The topological polar surface area (TPSA) is 35.2 Å². The molecule has 16 heavy (non-hydrogen) atoms. The maximum absolute atomic E-state index is 6.13. The minimum absolute atomic E-state index is 0.148. The van der Waals surface area contributed by atoms with Gasteiger partial charge in [-0.05, 0) is 17.5 Å². The van der Waals surface area contributed by atoms with Gasteiger partial charge in [-0.25, -0.2) is 0 Å². The fraction of sp³-hybridized carbons (Fsp3) is 0.538. The summed E-state index contributed by atoms with van der Waals surface area (Å²) in [5.41, 5.74) is 6.28. The molecule has 1 rings (SSSR count). The highest BCUT2D eigenvalue weighted by atomic mass is 32.2. The van der Waals surface area contributed by atoms with Crippen LogP contribution in [0, 0.1) is 5.41 Å². The van der Waals surface area contributed by atoms with Gasteiger partial charge in [0, 0.05) is 16.7 Å². The van der Waals surface area contributed by atoms with Crippen molar-refractivity contribution >= 4 is 11.8 Å². The van der Waals surface area contributed by atoms with Crippen molar-refractivity contribution in [2.75, 3.05) is 12.9 Å². The van der Waals surface area contributed by atoms with Crippen LogP contribution in [0.25, 0.3) is 0 Å². The van der Waals surface area contributed by atoms with Gasteiger partial charge in [-0.2, -0.15) is 0 Å². The van der Waals surface area contributed by atoms with Gasteiger partial charge in [0.25, 0.3) is 0 Å².